The summed E-state index contributed by atoms with van der Waals surface area (Å²) in [7, 11) is 0. The number of fused-ring (bicyclic) bond motifs is 9. The van der Waals surface area contributed by atoms with E-state index in [4.69, 9.17) is 9.40 Å². The molecule has 196 valence electrons. The molecule has 0 unspecified atom stereocenters. The Bertz CT molecular complexity index is 2300. The van der Waals surface area contributed by atoms with E-state index in [1.165, 1.54) is 32.5 Å². The van der Waals surface area contributed by atoms with Gasteiger partial charge in [-0.1, -0.05) is 124 Å². The van der Waals surface area contributed by atoms with Crippen LogP contribution in [0.2, 0.25) is 0 Å². The van der Waals surface area contributed by atoms with E-state index in [-0.39, 0.29) is 5.41 Å². The summed E-state index contributed by atoms with van der Waals surface area (Å²) in [5, 5.41) is 8.43. The quantitative estimate of drug-likeness (QED) is 0.209. The van der Waals surface area contributed by atoms with Crippen LogP contribution >= 0.6 is 0 Å². The van der Waals surface area contributed by atoms with E-state index in [0.717, 1.165) is 49.8 Å². The van der Waals surface area contributed by atoms with Gasteiger partial charge in [0.2, 0.25) is 0 Å². The molecule has 0 spiro atoms. The van der Waals surface area contributed by atoms with Crippen LogP contribution in [-0.4, -0.2) is 4.98 Å². The second-order valence-electron chi connectivity index (χ2n) is 12.0. The molecule has 0 saturated heterocycles. The van der Waals surface area contributed by atoms with E-state index in [2.05, 4.69) is 130 Å². The zero-order valence-electron chi connectivity index (χ0n) is 23.4. The van der Waals surface area contributed by atoms with Crippen molar-refractivity contribution in [3.8, 4) is 22.4 Å². The Morgan fingerprint density at radius 3 is 1.85 bits per heavy atom. The molecule has 2 heteroatoms. The van der Waals surface area contributed by atoms with Crippen LogP contribution in [0.25, 0.3) is 76.8 Å². The monoisotopic (exact) mass is 527 g/mol. The second-order valence-corrected chi connectivity index (χ2v) is 12.0. The maximum Gasteiger partial charge on any atom is 0.143 e. The molecule has 0 fully saturated rings. The van der Waals surface area contributed by atoms with Crippen LogP contribution in [0.4, 0.5) is 0 Å². The standard InChI is InChI=1S/C39H29NO/c1-39(2,3)34-23-33-29-16-5-4-14-27(29)28-15-6-7-18-31(28)37(33)40-36(34)25-13-10-12-24(22-25)26-19-11-20-32-30-17-8-9-21-35(30)41-38(26)32/h4-23H,1-3H3. The minimum Gasteiger partial charge on any atom is -0.455 e. The molecule has 0 bridgehead atoms. The minimum atomic E-state index is -0.0992. The van der Waals surface area contributed by atoms with Gasteiger partial charge in [-0.3, -0.25) is 0 Å². The predicted octanol–water partition coefficient (Wildman–Crippen LogP) is 11.1. The van der Waals surface area contributed by atoms with Crippen molar-refractivity contribution in [1.82, 2.24) is 4.98 Å². The van der Waals surface area contributed by atoms with Crippen molar-refractivity contribution in [2.45, 2.75) is 26.2 Å². The van der Waals surface area contributed by atoms with E-state index in [1.54, 1.807) is 0 Å². The second kappa shape index (κ2) is 8.78. The average molecular weight is 528 g/mol. The highest BCUT2D eigenvalue weighted by atomic mass is 16.3. The van der Waals surface area contributed by atoms with E-state index in [0.29, 0.717) is 0 Å². The topological polar surface area (TPSA) is 26.0 Å². The molecule has 8 rings (SSSR count). The third kappa shape index (κ3) is 3.68. The predicted molar refractivity (Wildman–Crippen MR) is 174 cm³/mol. The van der Waals surface area contributed by atoms with Gasteiger partial charge in [-0.2, -0.15) is 0 Å². The molecular weight excluding hydrogens is 498 g/mol. The zero-order valence-corrected chi connectivity index (χ0v) is 23.4. The van der Waals surface area contributed by atoms with Gasteiger partial charge in [-0.15, -0.1) is 0 Å². The van der Waals surface area contributed by atoms with Crippen LogP contribution in [0.5, 0.6) is 0 Å². The summed E-state index contributed by atoms with van der Waals surface area (Å²) in [6, 6.07) is 43.2. The Balaban J connectivity index is 1.42. The lowest BCUT2D eigenvalue weighted by Gasteiger charge is -2.24. The number of aromatic nitrogens is 1. The number of furan rings is 1. The SMILES string of the molecule is CC(C)(C)c1cc2c3ccccc3c3ccccc3c2nc1-c1cccc(-c2cccc3c2oc2ccccc23)c1. The lowest BCUT2D eigenvalue weighted by atomic mass is 9.82. The van der Waals surface area contributed by atoms with Crippen molar-refractivity contribution in [2.24, 2.45) is 0 Å². The molecule has 0 amide bonds. The van der Waals surface area contributed by atoms with E-state index < -0.39 is 0 Å². The van der Waals surface area contributed by atoms with Gasteiger partial charge >= 0.3 is 0 Å². The van der Waals surface area contributed by atoms with Crippen molar-refractivity contribution in [3.05, 3.63) is 127 Å². The van der Waals surface area contributed by atoms with E-state index in [1.807, 2.05) is 12.1 Å². The van der Waals surface area contributed by atoms with Crippen molar-refractivity contribution in [3.63, 3.8) is 0 Å². The van der Waals surface area contributed by atoms with Gasteiger partial charge in [0, 0.05) is 32.7 Å². The van der Waals surface area contributed by atoms with Crippen molar-refractivity contribution in [2.75, 3.05) is 0 Å². The molecule has 8 aromatic rings. The van der Waals surface area contributed by atoms with Crippen LogP contribution in [0.3, 0.4) is 0 Å². The molecule has 0 N–H and O–H groups in total. The fourth-order valence-corrected chi connectivity index (χ4v) is 6.40. The largest absolute Gasteiger partial charge is 0.455 e. The lowest BCUT2D eigenvalue weighted by molar-refractivity contribution is 0.591. The highest BCUT2D eigenvalue weighted by molar-refractivity contribution is 6.24. The Kier molecular flexibility index (Phi) is 5.11. The first kappa shape index (κ1) is 23.9. The molecule has 2 nitrogen and oxygen atoms in total. The van der Waals surface area contributed by atoms with Crippen LogP contribution < -0.4 is 0 Å². The summed E-state index contributed by atoms with van der Waals surface area (Å²) >= 11 is 0. The fourth-order valence-electron chi connectivity index (χ4n) is 6.40. The van der Waals surface area contributed by atoms with Crippen LogP contribution in [0.1, 0.15) is 26.3 Å². The number of hydrogen-bond donors (Lipinski definition) is 0. The normalized spacial score (nSPS) is 12.3. The minimum absolute atomic E-state index is 0.0992. The highest BCUT2D eigenvalue weighted by Crippen LogP contribution is 2.42. The summed E-state index contributed by atoms with van der Waals surface area (Å²) < 4.78 is 6.39. The summed E-state index contributed by atoms with van der Waals surface area (Å²) in [6.45, 7) is 6.84. The van der Waals surface area contributed by atoms with Gasteiger partial charge in [0.1, 0.15) is 11.2 Å². The first-order valence-electron chi connectivity index (χ1n) is 14.2. The first-order chi connectivity index (χ1) is 20.0. The van der Waals surface area contributed by atoms with Crippen LogP contribution in [0.15, 0.2) is 126 Å². The van der Waals surface area contributed by atoms with Gasteiger partial charge < -0.3 is 4.42 Å². The molecule has 41 heavy (non-hydrogen) atoms. The average Bonchev–Trinajstić information content (AvgIpc) is 3.39. The molecule has 0 atom stereocenters. The van der Waals surface area contributed by atoms with Crippen LogP contribution in [0, 0.1) is 0 Å². The summed E-state index contributed by atoms with van der Waals surface area (Å²) in [5.74, 6) is 0. The third-order valence-corrected chi connectivity index (χ3v) is 8.37. The number of nitrogens with zero attached hydrogens (tertiary/aromatic N) is 1. The Hall–Kier alpha value is -4.95. The van der Waals surface area contributed by atoms with Crippen LogP contribution in [-0.2, 0) is 5.41 Å². The molecule has 0 saturated carbocycles. The zero-order chi connectivity index (χ0) is 27.7. The maximum atomic E-state index is 6.39. The van der Waals surface area contributed by atoms with E-state index >= 15 is 0 Å². The lowest BCUT2D eigenvalue weighted by Crippen LogP contribution is -2.14. The Morgan fingerprint density at radius 2 is 1.10 bits per heavy atom. The number of pyridine rings is 1. The molecule has 0 aliphatic rings. The summed E-state index contributed by atoms with van der Waals surface area (Å²) in [5.41, 5.74) is 8.38. The van der Waals surface area contributed by atoms with Gasteiger partial charge in [0.05, 0.1) is 11.2 Å². The molecule has 2 aromatic heterocycles. The molecule has 0 aliphatic carbocycles. The number of para-hydroxylation sites is 2. The smallest absolute Gasteiger partial charge is 0.143 e. The van der Waals surface area contributed by atoms with Gasteiger partial charge in [-0.25, -0.2) is 4.98 Å². The first-order valence-corrected chi connectivity index (χ1v) is 14.2. The van der Waals surface area contributed by atoms with Crippen molar-refractivity contribution >= 4 is 54.4 Å². The molecule has 0 radical (unpaired) electrons. The molecular formula is C39H29NO. The van der Waals surface area contributed by atoms with Crippen molar-refractivity contribution in [1.29, 1.82) is 0 Å². The summed E-state index contributed by atoms with van der Waals surface area (Å²) in [4.78, 5) is 5.50. The van der Waals surface area contributed by atoms with Gasteiger partial charge in [0.15, 0.2) is 0 Å². The molecule has 6 aromatic carbocycles. The number of benzene rings is 6. The molecule has 0 aliphatic heterocycles. The Labute approximate surface area is 238 Å². The summed E-state index contributed by atoms with van der Waals surface area (Å²) in [6.07, 6.45) is 0. The Morgan fingerprint density at radius 1 is 0.512 bits per heavy atom. The molecule has 2 heterocycles. The third-order valence-electron chi connectivity index (χ3n) is 8.37. The van der Waals surface area contributed by atoms with Gasteiger partial charge in [0.25, 0.3) is 0 Å². The van der Waals surface area contributed by atoms with Crippen molar-refractivity contribution < 1.29 is 4.42 Å². The highest BCUT2D eigenvalue weighted by Gasteiger charge is 2.23. The maximum absolute atomic E-state index is 6.39. The van der Waals surface area contributed by atoms with E-state index in [9.17, 15) is 0 Å². The van der Waals surface area contributed by atoms with Gasteiger partial charge in [-0.05, 0) is 50.9 Å². The number of rotatable bonds is 2. The number of hydrogen-bond acceptors (Lipinski definition) is 2. The fraction of sp³-hybridized carbons (Fsp3) is 0.103.